The van der Waals surface area contributed by atoms with Crippen LogP contribution in [0.2, 0.25) is 0 Å². The lowest BCUT2D eigenvalue weighted by molar-refractivity contribution is -0.0792. The van der Waals surface area contributed by atoms with Gasteiger partial charge in [-0.15, -0.1) is 0 Å². The third-order valence-corrected chi connectivity index (χ3v) is 3.76. The summed E-state index contributed by atoms with van der Waals surface area (Å²) in [5, 5.41) is 10.6. The van der Waals surface area contributed by atoms with E-state index in [1.807, 2.05) is 0 Å². The van der Waals surface area contributed by atoms with Crippen LogP contribution in [0.15, 0.2) is 0 Å². The van der Waals surface area contributed by atoms with Crippen molar-refractivity contribution in [2.24, 2.45) is 11.3 Å². The Kier molecular flexibility index (Phi) is 5.14. The van der Waals surface area contributed by atoms with Gasteiger partial charge in [0.05, 0.1) is 5.60 Å². The third-order valence-electron chi connectivity index (χ3n) is 3.76. The van der Waals surface area contributed by atoms with Gasteiger partial charge in [0.2, 0.25) is 0 Å². The highest BCUT2D eigenvalue weighted by Crippen LogP contribution is 2.39. The van der Waals surface area contributed by atoms with Crippen LogP contribution >= 0.6 is 0 Å². The maximum Gasteiger partial charge on any atom is 0.0695 e. The summed E-state index contributed by atoms with van der Waals surface area (Å²) in [5.41, 5.74) is -0.506. The van der Waals surface area contributed by atoms with Gasteiger partial charge in [0.25, 0.3) is 0 Å². The zero-order valence-electron chi connectivity index (χ0n) is 10.9. The molecule has 0 radical (unpaired) electrons. The summed E-state index contributed by atoms with van der Waals surface area (Å²) in [5.74, 6) is 0.666. The maximum absolute atomic E-state index is 10.6. The number of hydrogen-bond acceptors (Lipinski definition) is 1. The van der Waals surface area contributed by atoms with Crippen LogP contribution in [0.1, 0.15) is 67.2 Å². The molecule has 1 heteroatoms. The van der Waals surface area contributed by atoms with E-state index in [-0.39, 0.29) is 5.41 Å². The largest absolute Gasteiger partial charge is 0.389 e. The molecular weight excluding hydrogens is 172 g/mol. The molecule has 0 bridgehead atoms. The van der Waals surface area contributed by atoms with Crippen LogP contribution in [-0.2, 0) is 0 Å². The van der Waals surface area contributed by atoms with Crippen molar-refractivity contribution >= 4 is 0 Å². The van der Waals surface area contributed by atoms with Crippen LogP contribution in [0.5, 0.6) is 0 Å². The van der Waals surface area contributed by atoms with Gasteiger partial charge < -0.3 is 5.11 Å². The Balaban J connectivity index is 4.54. The average molecular weight is 200 g/mol. The molecule has 0 saturated heterocycles. The fraction of sp³-hybridized carbons (Fsp3) is 1.00. The Bertz CT molecular complexity index is 153. The van der Waals surface area contributed by atoms with E-state index in [0.717, 1.165) is 12.8 Å². The first-order valence-electron chi connectivity index (χ1n) is 6.03. The molecule has 0 aromatic carbocycles. The Morgan fingerprint density at radius 3 is 1.64 bits per heavy atom. The molecule has 0 spiro atoms. The molecule has 0 rings (SSSR count). The highest BCUT2D eigenvalue weighted by atomic mass is 16.3. The zero-order valence-corrected chi connectivity index (χ0v) is 10.9. The van der Waals surface area contributed by atoms with Crippen molar-refractivity contribution in [3.8, 4) is 0 Å². The summed E-state index contributed by atoms with van der Waals surface area (Å²) in [6, 6.07) is 0. The second-order valence-corrected chi connectivity index (χ2v) is 5.52. The van der Waals surface area contributed by atoms with Gasteiger partial charge in [0.1, 0.15) is 0 Å². The number of hydrogen-bond donors (Lipinski definition) is 1. The Hall–Kier alpha value is -0.0400. The molecule has 1 N–H and O–H groups in total. The molecular formula is C13H28O. The summed E-state index contributed by atoms with van der Waals surface area (Å²) >= 11 is 0. The normalized spacial score (nSPS) is 17.1. The van der Waals surface area contributed by atoms with Crippen LogP contribution in [0.4, 0.5) is 0 Å². The molecule has 1 atom stereocenters. The van der Waals surface area contributed by atoms with Crippen LogP contribution in [-0.4, -0.2) is 10.7 Å². The van der Waals surface area contributed by atoms with E-state index >= 15 is 0 Å². The van der Waals surface area contributed by atoms with Crippen molar-refractivity contribution in [1.29, 1.82) is 0 Å². The first-order valence-corrected chi connectivity index (χ1v) is 6.03. The molecule has 0 saturated carbocycles. The number of aliphatic hydroxyl groups is 1. The van der Waals surface area contributed by atoms with Crippen molar-refractivity contribution in [3.63, 3.8) is 0 Å². The minimum atomic E-state index is -0.496. The standard InChI is InChI=1S/C13H28O/c1-7-11(8-2)10-13(14,9-3)12(4,5)6/h11,14H,7-10H2,1-6H3. The molecule has 0 aromatic rings. The molecule has 0 aliphatic rings. The second kappa shape index (κ2) is 5.16. The molecule has 86 valence electrons. The molecule has 0 aliphatic heterocycles. The van der Waals surface area contributed by atoms with Crippen LogP contribution in [0.3, 0.4) is 0 Å². The van der Waals surface area contributed by atoms with E-state index in [0.29, 0.717) is 5.92 Å². The molecule has 1 nitrogen and oxygen atoms in total. The van der Waals surface area contributed by atoms with Crippen LogP contribution in [0.25, 0.3) is 0 Å². The Labute approximate surface area is 89.9 Å². The molecule has 14 heavy (non-hydrogen) atoms. The first kappa shape index (κ1) is 14.0. The van der Waals surface area contributed by atoms with Gasteiger partial charge in [-0.3, -0.25) is 0 Å². The molecule has 0 amide bonds. The average Bonchev–Trinajstić information content (AvgIpc) is 2.12. The molecule has 0 heterocycles. The van der Waals surface area contributed by atoms with Crippen molar-refractivity contribution in [1.82, 2.24) is 0 Å². The summed E-state index contributed by atoms with van der Waals surface area (Å²) < 4.78 is 0. The van der Waals surface area contributed by atoms with Gasteiger partial charge in [0.15, 0.2) is 0 Å². The SMILES string of the molecule is CCC(CC)CC(O)(CC)C(C)(C)C. The van der Waals surface area contributed by atoms with Gasteiger partial charge in [-0.2, -0.15) is 0 Å². The van der Waals surface area contributed by atoms with Gasteiger partial charge in [-0.25, -0.2) is 0 Å². The van der Waals surface area contributed by atoms with Crippen LogP contribution < -0.4 is 0 Å². The van der Waals surface area contributed by atoms with E-state index < -0.39 is 5.60 Å². The predicted molar refractivity (Wildman–Crippen MR) is 63.4 cm³/mol. The lowest BCUT2D eigenvalue weighted by atomic mass is 9.69. The maximum atomic E-state index is 10.6. The monoisotopic (exact) mass is 200 g/mol. The lowest BCUT2D eigenvalue weighted by Gasteiger charge is -2.42. The first-order chi connectivity index (χ1) is 6.30. The molecule has 0 aromatic heterocycles. The van der Waals surface area contributed by atoms with Gasteiger partial charge in [0, 0.05) is 0 Å². The Morgan fingerprint density at radius 2 is 1.43 bits per heavy atom. The molecule has 0 fully saturated rings. The van der Waals surface area contributed by atoms with Gasteiger partial charge in [-0.1, -0.05) is 54.4 Å². The summed E-state index contributed by atoms with van der Waals surface area (Å²) in [6.45, 7) is 12.9. The zero-order chi connectivity index (χ0) is 11.4. The summed E-state index contributed by atoms with van der Waals surface area (Å²) in [6.07, 6.45) is 4.15. The second-order valence-electron chi connectivity index (χ2n) is 5.52. The summed E-state index contributed by atoms with van der Waals surface area (Å²) in [4.78, 5) is 0. The van der Waals surface area contributed by atoms with Gasteiger partial charge >= 0.3 is 0 Å². The highest BCUT2D eigenvalue weighted by Gasteiger charge is 2.39. The van der Waals surface area contributed by atoms with E-state index in [2.05, 4.69) is 41.5 Å². The Morgan fingerprint density at radius 1 is 1.00 bits per heavy atom. The van der Waals surface area contributed by atoms with Crippen molar-refractivity contribution in [3.05, 3.63) is 0 Å². The quantitative estimate of drug-likeness (QED) is 0.711. The summed E-state index contributed by atoms with van der Waals surface area (Å²) in [7, 11) is 0. The van der Waals surface area contributed by atoms with Gasteiger partial charge in [-0.05, 0) is 24.2 Å². The third kappa shape index (κ3) is 3.27. The van der Waals surface area contributed by atoms with Crippen molar-refractivity contribution in [2.75, 3.05) is 0 Å². The van der Waals surface area contributed by atoms with E-state index in [9.17, 15) is 5.11 Å². The fourth-order valence-corrected chi connectivity index (χ4v) is 2.04. The minimum Gasteiger partial charge on any atom is -0.389 e. The van der Waals surface area contributed by atoms with E-state index in [4.69, 9.17) is 0 Å². The topological polar surface area (TPSA) is 20.2 Å². The highest BCUT2D eigenvalue weighted by molar-refractivity contribution is 4.90. The number of rotatable bonds is 5. The molecule has 0 aliphatic carbocycles. The lowest BCUT2D eigenvalue weighted by Crippen LogP contribution is -2.43. The van der Waals surface area contributed by atoms with Crippen molar-refractivity contribution < 1.29 is 5.11 Å². The fourth-order valence-electron chi connectivity index (χ4n) is 2.04. The smallest absolute Gasteiger partial charge is 0.0695 e. The van der Waals surface area contributed by atoms with Crippen LogP contribution in [0, 0.1) is 11.3 Å². The minimum absolute atomic E-state index is 0.00958. The van der Waals surface area contributed by atoms with Crippen molar-refractivity contribution in [2.45, 2.75) is 72.8 Å². The van der Waals surface area contributed by atoms with E-state index in [1.165, 1.54) is 12.8 Å². The van der Waals surface area contributed by atoms with E-state index in [1.54, 1.807) is 0 Å². The molecule has 1 unspecified atom stereocenters. The predicted octanol–water partition coefficient (Wildman–Crippen LogP) is 4.00.